The highest BCUT2D eigenvalue weighted by Gasteiger charge is 2.12. The molecule has 0 fully saturated rings. The van der Waals surface area contributed by atoms with E-state index >= 15 is 0 Å². The van der Waals surface area contributed by atoms with Gasteiger partial charge in [0.05, 0.1) is 6.04 Å². The lowest BCUT2D eigenvalue weighted by Crippen LogP contribution is -2.42. The van der Waals surface area contributed by atoms with Crippen LogP contribution in [0.5, 0.6) is 0 Å². The van der Waals surface area contributed by atoms with Crippen LogP contribution in [-0.2, 0) is 21.3 Å². The Morgan fingerprint density at radius 1 is 1.40 bits per heavy atom. The van der Waals surface area contributed by atoms with Crippen LogP contribution < -0.4 is 11.1 Å². The molecular formula is C14H22N2O2S2. The Balaban J connectivity index is 2.20. The van der Waals surface area contributed by atoms with Gasteiger partial charge < -0.3 is 11.1 Å². The number of nitrogens with one attached hydrogen (secondary N) is 1. The third-order valence-electron chi connectivity index (χ3n) is 2.77. The van der Waals surface area contributed by atoms with E-state index in [1.165, 1.54) is 0 Å². The number of rotatable bonds is 9. The summed E-state index contributed by atoms with van der Waals surface area (Å²) in [5, 5.41) is 2.74. The van der Waals surface area contributed by atoms with Crippen LogP contribution in [0.1, 0.15) is 12.0 Å². The van der Waals surface area contributed by atoms with E-state index in [1.807, 2.05) is 36.6 Å². The first-order chi connectivity index (χ1) is 9.63. The Morgan fingerprint density at radius 2 is 2.10 bits per heavy atom. The zero-order valence-corrected chi connectivity index (χ0v) is 13.3. The van der Waals surface area contributed by atoms with Crippen LogP contribution in [0.15, 0.2) is 30.3 Å². The molecule has 2 atom stereocenters. The fourth-order valence-corrected chi connectivity index (χ4v) is 3.16. The average Bonchev–Trinajstić information content (AvgIpc) is 2.45. The van der Waals surface area contributed by atoms with Gasteiger partial charge in [0.15, 0.2) is 0 Å². The summed E-state index contributed by atoms with van der Waals surface area (Å²) in [6, 6.07) is 9.23. The maximum absolute atomic E-state index is 11.9. The molecule has 0 aliphatic rings. The van der Waals surface area contributed by atoms with Crippen molar-refractivity contribution in [3.63, 3.8) is 0 Å². The van der Waals surface area contributed by atoms with Crippen LogP contribution >= 0.6 is 11.8 Å². The molecule has 20 heavy (non-hydrogen) atoms. The van der Waals surface area contributed by atoms with Gasteiger partial charge in [-0.3, -0.25) is 9.00 Å². The van der Waals surface area contributed by atoms with Crippen molar-refractivity contribution in [2.45, 2.75) is 18.2 Å². The highest BCUT2D eigenvalue weighted by molar-refractivity contribution is 7.98. The first-order valence-electron chi connectivity index (χ1n) is 6.54. The number of amides is 1. The molecule has 0 saturated carbocycles. The van der Waals surface area contributed by atoms with Crippen molar-refractivity contribution in [1.82, 2.24) is 5.32 Å². The lowest BCUT2D eigenvalue weighted by molar-refractivity contribution is -0.122. The number of carbonyl (C=O) groups is 1. The van der Waals surface area contributed by atoms with E-state index in [2.05, 4.69) is 5.32 Å². The first kappa shape index (κ1) is 17.2. The predicted molar refractivity (Wildman–Crippen MR) is 87.1 cm³/mol. The molecule has 4 nitrogen and oxygen atoms in total. The quantitative estimate of drug-likeness (QED) is 0.717. The first-order valence-corrected chi connectivity index (χ1v) is 9.42. The van der Waals surface area contributed by atoms with Crippen LogP contribution in [0, 0.1) is 0 Å². The number of hydrogen-bond donors (Lipinski definition) is 2. The second-order valence-corrected chi connectivity index (χ2v) is 7.02. The number of carbonyl (C=O) groups excluding carboxylic acids is 1. The fraction of sp³-hybridized carbons (Fsp3) is 0.500. The molecular weight excluding hydrogens is 292 g/mol. The van der Waals surface area contributed by atoms with Gasteiger partial charge in [0.25, 0.3) is 0 Å². The Morgan fingerprint density at radius 3 is 2.75 bits per heavy atom. The van der Waals surface area contributed by atoms with Crippen molar-refractivity contribution in [3.05, 3.63) is 35.9 Å². The van der Waals surface area contributed by atoms with Crippen LogP contribution in [0.25, 0.3) is 0 Å². The van der Waals surface area contributed by atoms with Gasteiger partial charge in [-0.2, -0.15) is 11.8 Å². The molecule has 0 spiro atoms. The van der Waals surface area contributed by atoms with Crippen molar-refractivity contribution < 1.29 is 9.00 Å². The standard InChI is InChI=1S/C14H22N2O2S2/c1-19-9-7-13(15)14(17)16-8-10-20(18)11-12-5-3-2-4-6-12/h2-6,13H,7-11,15H2,1H3,(H,16,17)/t13-,20?/m0/s1. The normalized spacial score (nSPS) is 13.7. The topological polar surface area (TPSA) is 72.2 Å². The van der Waals surface area contributed by atoms with Gasteiger partial charge in [-0.15, -0.1) is 0 Å². The lowest BCUT2D eigenvalue weighted by Gasteiger charge is -2.11. The summed E-state index contributed by atoms with van der Waals surface area (Å²) < 4.78 is 11.9. The van der Waals surface area contributed by atoms with Crippen LogP contribution in [0.2, 0.25) is 0 Å². The monoisotopic (exact) mass is 314 g/mol. The van der Waals surface area contributed by atoms with E-state index in [-0.39, 0.29) is 5.91 Å². The smallest absolute Gasteiger partial charge is 0.236 e. The number of nitrogens with two attached hydrogens (primary N) is 1. The Bertz CT molecular complexity index is 426. The van der Waals surface area contributed by atoms with Crippen molar-refractivity contribution in [1.29, 1.82) is 0 Å². The molecule has 0 bridgehead atoms. The van der Waals surface area contributed by atoms with Gasteiger partial charge in [-0.05, 0) is 24.0 Å². The van der Waals surface area contributed by atoms with Gasteiger partial charge in [0, 0.05) is 28.9 Å². The van der Waals surface area contributed by atoms with Crippen molar-refractivity contribution in [3.8, 4) is 0 Å². The molecule has 1 amide bonds. The molecule has 0 heterocycles. The van der Waals surface area contributed by atoms with Gasteiger partial charge >= 0.3 is 0 Å². The summed E-state index contributed by atoms with van der Waals surface area (Å²) in [6.07, 6.45) is 2.65. The van der Waals surface area contributed by atoms with E-state index in [0.29, 0.717) is 24.5 Å². The lowest BCUT2D eigenvalue weighted by atomic mass is 10.2. The van der Waals surface area contributed by atoms with Crippen molar-refractivity contribution >= 4 is 28.5 Å². The molecule has 0 aliphatic carbocycles. The Hall–Kier alpha value is -0.850. The number of hydrogen-bond acceptors (Lipinski definition) is 4. The Labute approximate surface area is 127 Å². The minimum absolute atomic E-state index is 0.157. The van der Waals surface area contributed by atoms with Gasteiger partial charge in [-0.25, -0.2) is 0 Å². The van der Waals surface area contributed by atoms with Gasteiger partial charge in [-0.1, -0.05) is 30.3 Å². The molecule has 1 aromatic carbocycles. The maximum Gasteiger partial charge on any atom is 0.236 e. The summed E-state index contributed by atoms with van der Waals surface area (Å²) in [7, 11) is -0.966. The van der Waals surface area contributed by atoms with Gasteiger partial charge in [0.2, 0.25) is 5.91 Å². The van der Waals surface area contributed by atoms with E-state index in [0.717, 1.165) is 11.3 Å². The van der Waals surface area contributed by atoms with E-state index in [9.17, 15) is 9.00 Å². The zero-order valence-electron chi connectivity index (χ0n) is 11.7. The number of thioether (sulfide) groups is 1. The maximum atomic E-state index is 11.9. The van der Waals surface area contributed by atoms with E-state index in [1.54, 1.807) is 11.8 Å². The highest BCUT2D eigenvalue weighted by Crippen LogP contribution is 2.02. The third kappa shape index (κ3) is 7.07. The average molecular weight is 314 g/mol. The highest BCUT2D eigenvalue weighted by atomic mass is 32.2. The summed E-state index contributed by atoms with van der Waals surface area (Å²) in [5.74, 6) is 1.69. The van der Waals surface area contributed by atoms with Crippen LogP contribution in [0.4, 0.5) is 0 Å². The molecule has 1 rings (SSSR count). The summed E-state index contributed by atoms with van der Waals surface area (Å²) >= 11 is 1.67. The van der Waals surface area contributed by atoms with Crippen molar-refractivity contribution in [2.24, 2.45) is 5.73 Å². The molecule has 6 heteroatoms. The fourth-order valence-electron chi connectivity index (χ4n) is 1.63. The van der Waals surface area contributed by atoms with E-state index < -0.39 is 16.8 Å². The molecule has 112 valence electrons. The largest absolute Gasteiger partial charge is 0.354 e. The SMILES string of the molecule is CSCC[C@H](N)C(=O)NCCS(=O)Cc1ccccc1. The summed E-state index contributed by atoms with van der Waals surface area (Å²) in [5.41, 5.74) is 6.79. The zero-order chi connectivity index (χ0) is 14.8. The minimum atomic E-state index is -0.966. The minimum Gasteiger partial charge on any atom is -0.354 e. The summed E-state index contributed by atoms with van der Waals surface area (Å²) in [4.78, 5) is 11.6. The van der Waals surface area contributed by atoms with Gasteiger partial charge in [0.1, 0.15) is 0 Å². The molecule has 0 aliphatic heterocycles. The molecule has 0 radical (unpaired) electrons. The Kier molecular flexibility index (Phi) is 8.57. The van der Waals surface area contributed by atoms with E-state index in [4.69, 9.17) is 5.73 Å². The second kappa shape index (κ2) is 9.96. The third-order valence-corrected chi connectivity index (χ3v) is 4.73. The summed E-state index contributed by atoms with van der Waals surface area (Å²) in [6.45, 7) is 0.408. The molecule has 0 aromatic heterocycles. The molecule has 3 N–H and O–H groups in total. The molecule has 1 unspecified atom stereocenters. The van der Waals surface area contributed by atoms with Crippen LogP contribution in [-0.4, -0.2) is 40.5 Å². The van der Waals surface area contributed by atoms with Crippen molar-refractivity contribution in [2.75, 3.05) is 24.3 Å². The second-order valence-electron chi connectivity index (χ2n) is 4.45. The van der Waals surface area contributed by atoms with Crippen LogP contribution in [0.3, 0.4) is 0 Å². The predicted octanol–water partition coefficient (Wildman–Crippen LogP) is 1.13. The molecule has 1 aromatic rings. The number of benzene rings is 1. The molecule has 0 saturated heterocycles.